The van der Waals surface area contributed by atoms with Crippen LogP contribution in [0.25, 0.3) is 0 Å². The van der Waals surface area contributed by atoms with Crippen molar-refractivity contribution in [3.05, 3.63) is 40.6 Å². The monoisotopic (exact) mass is 767 g/mol. The van der Waals surface area contributed by atoms with Gasteiger partial charge in [-0.25, -0.2) is 0 Å². The summed E-state index contributed by atoms with van der Waals surface area (Å²) in [5.41, 5.74) is 0.532. The Labute approximate surface area is 206 Å². The molecule has 1 aromatic carbocycles. The number of hydrogen-bond acceptors (Lipinski definition) is 5. The van der Waals surface area contributed by atoms with Crippen molar-refractivity contribution in [3.8, 4) is 0 Å². The van der Waals surface area contributed by atoms with Crippen LogP contribution in [0.4, 0.5) is 8.78 Å². The minimum absolute atomic E-state index is 0.221. The fourth-order valence-electron chi connectivity index (χ4n) is 2.44. The quantitative estimate of drug-likeness (QED) is 0.151. The van der Waals surface area contributed by atoms with E-state index < -0.39 is 33.9 Å². The lowest BCUT2D eigenvalue weighted by molar-refractivity contribution is -0.153. The fourth-order valence-corrected chi connectivity index (χ4v) is 5.05. The van der Waals surface area contributed by atoms with Crippen molar-refractivity contribution < 1.29 is 36.1 Å². The van der Waals surface area contributed by atoms with E-state index in [9.17, 15) is 26.8 Å². The Morgan fingerprint density at radius 1 is 1.21 bits per heavy atom. The Bertz CT molecular complexity index is 954. The highest BCUT2D eigenvalue weighted by Gasteiger charge is 2.46. The van der Waals surface area contributed by atoms with E-state index in [0.717, 1.165) is 10.7 Å². The molecule has 0 aliphatic heterocycles. The van der Waals surface area contributed by atoms with Crippen LogP contribution in [0, 0.1) is 16.6 Å². The minimum atomic E-state index is -5.66. The summed E-state index contributed by atoms with van der Waals surface area (Å²) in [5, 5.41) is -1.73. The first-order chi connectivity index (χ1) is 13.3. The molecule has 0 bridgehead atoms. The van der Waals surface area contributed by atoms with Gasteiger partial charge in [-0.05, 0) is 92.7 Å². The van der Waals surface area contributed by atoms with E-state index in [4.69, 9.17) is 4.55 Å². The lowest BCUT2D eigenvalue weighted by atomic mass is 9.92. The van der Waals surface area contributed by atoms with Gasteiger partial charge < -0.3 is 10.1 Å². The van der Waals surface area contributed by atoms with E-state index in [-0.39, 0.29) is 18.4 Å². The van der Waals surface area contributed by atoms with Crippen LogP contribution in [-0.2, 0) is 19.6 Å². The van der Waals surface area contributed by atoms with Gasteiger partial charge in [-0.15, -0.1) is 0 Å². The maximum atomic E-state index is 13.1. The molecule has 0 radical (unpaired) electrons. The van der Waals surface area contributed by atoms with E-state index in [1.807, 2.05) is 6.07 Å². The summed E-state index contributed by atoms with van der Waals surface area (Å²) >= 11 is 6.35. The predicted octanol–water partition coefficient (Wildman–Crippen LogP) is 3.59. The molecule has 1 aliphatic carbocycles. The summed E-state index contributed by atoms with van der Waals surface area (Å²) in [4.78, 5) is 24.4. The Morgan fingerprint density at radius 3 is 2.41 bits per heavy atom. The number of esters is 1. The molecule has 0 fully saturated rings. The molecule has 13 heteroatoms. The number of ether oxygens (including phenoxy) is 1. The minimum Gasteiger partial charge on any atom is -0.457 e. The number of hydrogen-bond donors (Lipinski definition) is 2. The highest BCUT2D eigenvalue weighted by atomic mass is 127. The lowest BCUT2D eigenvalue weighted by Gasteiger charge is -2.23. The van der Waals surface area contributed by atoms with Crippen LogP contribution in [0.1, 0.15) is 23.2 Å². The molecule has 2 atom stereocenters. The fraction of sp³-hybridized carbons (Fsp3) is 0.375. The van der Waals surface area contributed by atoms with Gasteiger partial charge in [0.15, 0.2) is 6.61 Å². The second-order valence-electron chi connectivity index (χ2n) is 6.12. The summed E-state index contributed by atoms with van der Waals surface area (Å²) in [6.45, 7) is -1.76. The van der Waals surface area contributed by atoms with Gasteiger partial charge >= 0.3 is 21.3 Å². The number of carbonyl (C=O) groups excluding carboxylic acids is 2. The molecule has 0 saturated carbocycles. The molecule has 1 amide bonds. The molecular formula is C16H14F2I3NO6S. The highest BCUT2D eigenvalue weighted by molar-refractivity contribution is 14.1. The average molecular weight is 767 g/mol. The van der Waals surface area contributed by atoms with Gasteiger partial charge in [0.1, 0.15) is 0 Å². The predicted molar refractivity (Wildman–Crippen MR) is 125 cm³/mol. The van der Waals surface area contributed by atoms with Crippen LogP contribution < -0.4 is 5.32 Å². The number of benzene rings is 1. The van der Waals surface area contributed by atoms with Gasteiger partial charge in [0.05, 0.1) is 11.5 Å². The number of rotatable bonds is 6. The number of nitrogens with one attached hydrogen (secondary N) is 1. The lowest BCUT2D eigenvalue weighted by Crippen LogP contribution is -2.38. The van der Waals surface area contributed by atoms with Gasteiger partial charge in [-0.2, -0.15) is 17.2 Å². The van der Waals surface area contributed by atoms with Gasteiger partial charge in [-0.1, -0.05) is 12.2 Å². The maximum Gasteiger partial charge on any atom is 0.402 e. The highest BCUT2D eigenvalue weighted by Crippen LogP contribution is 2.25. The van der Waals surface area contributed by atoms with Crippen molar-refractivity contribution >= 4 is 89.8 Å². The third kappa shape index (κ3) is 6.67. The molecule has 2 rings (SSSR count). The second kappa shape index (κ2) is 9.99. The summed E-state index contributed by atoms with van der Waals surface area (Å²) in [5.74, 6) is -2.15. The van der Waals surface area contributed by atoms with E-state index in [1.165, 1.54) is 6.08 Å². The zero-order valence-electron chi connectivity index (χ0n) is 14.4. The first kappa shape index (κ1) is 25.1. The molecule has 160 valence electrons. The largest absolute Gasteiger partial charge is 0.457 e. The molecular weight excluding hydrogens is 753 g/mol. The van der Waals surface area contributed by atoms with E-state index in [1.54, 1.807) is 12.1 Å². The van der Waals surface area contributed by atoms with Crippen LogP contribution in [0.15, 0.2) is 24.3 Å². The number of halogens is 5. The standard InChI is InChI=1S/C16H14F2I3NO6S/c17-16(18,29(25,26)27)7-28-15(24)8-1-3-10(4-2-8)22-14(23)11-5-9(19)6-12(20)13(11)21/h1,3,5-6,8,10H,2,4,7H2,(H,22,23)(H,25,26,27). The molecule has 0 spiro atoms. The Hall–Kier alpha value is -0.140. The van der Waals surface area contributed by atoms with Crippen molar-refractivity contribution in [2.45, 2.75) is 24.1 Å². The topological polar surface area (TPSA) is 110 Å². The first-order valence-corrected chi connectivity index (χ1v) is 12.6. The summed E-state index contributed by atoms with van der Waals surface area (Å²) in [6, 6.07) is 3.36. The SMILES string of the molecule is O=C(NC1C=CC(C(=O)OCC(F)(F)S(=O)(=O)O)CC1)c1cc(I)cc(I)c1I. The van der Waals surface area contributed by atoms with Crippen molar-refractivity contribution in [2.75, 3.05) is 6.61 Å². The first-order valence-electron chi connectivity index (χ1n) is 7.97. The second-order valence-corrected chi connectivity index (χ2v) is 11.2. The van der Waals surface area contributed by atoms with Crippen molar-refractivity contribution in [1.82, 2.24) is 5.32 Å². The van der Waals surface area contributed by atoms with E-state index in [0.29, 0.717) is 12.0 Å². The third-order valence-electron chi connectivity index (χ3n) is 3.98. The van der Waals surface area contributed by atoms with Crippen molar-refractivity contribution in [1.29, 1.82) is 0 Å². The van der Waals surface area contributed by atoms with Crippen molar-refractivity contribution in [2.24, 2.45) is 5.92 Å². The molecule has 2 N–H and O–H groups in total. The van der Waals surface area contributed by atoms with Gasteiger partial charge in [-0.3, -0.25) is 14.1 Å². The number of amides is 1. The summed E-state index contributed by atoms with van der Waals surface area (Å²) in [6.07, 6.45) is 3.58. The van der Waals surface area contributed by atoms with Gasteiger partial charge in [0.2, 0.25) is 0 Å². The molecule has 29 heavy (non-hydrogen) atoms. The molecule has 7 nitrogen and oxygen atoms in total. The molecule has 0 saturated heterocycles. The van der Waals surface area contributed by atoms with Crippen LogP contribution >= 0.6 is 67.8 Å². The smallest absolute Gasteiger partial charge is 0.402 e. The normalized spacial score (nSPS) is 19.7. The molecule has 1 aliphatic rings. The zero-order chi connectivity index (χ0) is 22.0. The van der Waals surface area contributed by atoms with Crippen LogP contribution in [-0.4, -0.2) is 42.8 Å². The van der Waals surface area contributed by atoms with Crippen LogP contribution in [0.5, 0.6) is 0 Å². The van der Waals surface area contributed by atoms with E-state index in [2.05, 4.69) is 77.8 Å². The molecule has 1 aromatic rings. The molecule has 0 heterocycles. The Kier molecular flexibility index (Phi) is 8.65. The Balaban J connectivity index is 1.96. The summed E-state index contributed by atoms with van der Waals surface area (Å²) in [7, 11) is -5.66. The zero-order valence-corrected chi connectivity index (χ0v) is 21.7. The van der Waals surface area contributed by atoms with Gasteiger partial charge in [0, 0.05) is 16.8 Å². The van der Waals surface area contributed by atoms with Crippen LogP contribution in [0.3, 0.4) is 0 Å². The third-order valence-corrected chi connectivity index (χ3v) is 8.52. The molecule has 2 unspecified atom stereocenters. The summed E-state index contributed by atoms with van der Waals surface area (Å²) < 4.78 is 62.8. The van der Waals surface area contributed by atoms with Gasteiger partial charge in [0.25, 0.3) is 5.91 Å². The van der Waals surface area contributed by atoms with E-state index >= 15 is 0 Å². The number of carbonyl (C=O) groups is 2. The van der Waals surface area contributed by atoms with Crippen molar-refractivity contribution in [3.63, 3.8) is 0 Å². The maximum absolute atomic E-state index is 13.1. The molecule has 0 aromatic heterocycles. The average Bonchev–Trinajstić information content (AvgIpc) is 2.62. The van der Waals surface area contributed by atoms with Crippen LogP contribution in [0.2, 0.25) is 0 Å². The Morgan fingerprint density at radius 2 is 1.86 bits per heavy atom. The number of alkyl halides is 2.